The molecule has 0 aliphatic carbocycles. The number of sulfonamides is 1. The van der Waals surface area contributed by atoms with Gasteiger partial charge in [-0.25, -0.2) is 13.8 Å². The van der Waals surface area contributed by atoms with Gasteiger partial charge in [-0.3, -0.25) is 9.10 Å². The molecule has 0 unspecified atom stereocenters. The van der Waals surface area contributed by atoms with E-state index in [2.05, 4.69) is 10.5 Å². The summed E-state index contributed by atoms with van der Waals surface area (Å²) in [5, 5.41) is 4.56. The Balaban J connectivity index is 2.25. The largest absolute Gasteiger partial charge is 0.493 e. The van der Waals surface area contributed by atoms with Crippen LogP contribution in [0.25, 0.3) is 0 Å². The van der Waals surface area contributed by atoms with Crippen molar-refractivity contribution < 1.29 is 22.7 Å². The monoisotopic (exact) mass is 467 g/mol. The second-order valence-corrected chi connectivity index (χ2v) is 9.06. The number of methoxy groups -OCH3 is 2. The van der Waals surface area contributed by atoms with E-state index in [0.29, 0.717) is 39.9 Å². The van der Waals surface area contributed by atoms with Crippen LogP contribution in [0, 0.1) is 6.92 Å². The molecule has 0 atom stereocenters. The normalized spacial score (nSPS) is 11.7. The lowest BCUT2D eigenvalue weighted by atomic mass is 10.1. The molecule has 10 heteroatoms. The Bertz CT molecular complexity index is 1090. The molecule has 2 rings (SSSR count). The minimum atomic E-state index is -3.73. The average molecular weight is 468 g/mol. The summed E-state index contributed by atoms with van der Waals surface area (Å²) in [6.07, 6.45) is 1.56. The average Bonchev–Trinajstić information content (AvgIpc) is 2.73. The van der Waals surface area contributed by atoms with Crippen molar-refractivity contribution in [3.8, 4) is 11.5 Å². The van der Waals surface area contributed by atoms with Crippen LogP contribution < -0.4 is 19.2 Å². The number of amides is 1. The van der Waals surface area contributed by atoms with Crippen molar-refractivity contribution in [3.63, 3.8) is 0 Å². The molecule has 2 aromatic carbocycles. The zero-order valence-corrected chi connectivity index (χ0v) is 19.7. The molecule has 8 nitrogen and oxygen atoms in total. The topological polar surface area (TPSA) is 97.3 Å². The molecule has 0 radical (unpaired) electrons. The number of benzene rings is 2. The molecule has 0 aliphatic heterocycles. The summed E-state index contributed by atoms with van der Waals surface area (Å²) >= 11 is 6.02. The highest BCUT2D eigenvalue weighted by molar-refractivity contribution is 7.92. The van der Waals surface area contributed by atoms with Crippen LogP contribution in [0.15, 0.2) is 41.5 Å². The maximum absolute atomic E-state index is 12.5. The van der Waals surface area contributed by atoms with Crippen LogP contribution in [0.1, 0.15) is 24.5 Å². The number of hydrazone groups is 1. The summed E-state index contributed by atoms with van der Waals surface area (Å²) in [6, 6.07) is 10.2. The van der Waals surface area contributed by atoms with Gasteiger partial charge in [0.1, 0.15) is 6.54 Å². The molecular weight excluding hydrogens is 442 g/mol. The van der Waals surface area contributed by atoms with Gasteiger partial charge in [-0.1, -0.05) is 24.6 Å². The summed E-state index contributed by atoms with van der Waals surface area (Å²) in [7, 11) is -0.655. The van der Waals surface area contributed by atoms with E-state index in [-0.39, 0.29) is 0 Å². The number of nitrogens with one attached hydrogen (secondary N) is 1. The Morgan fingerprint density at radius 1 is 1.13 bits per heavy atom. The lowest BCUT2D eigenvalue weighted by molar-refractivity contribution is -0.119. The van der Waals surface area contributed by atoms with Crippen LogP contribution in [0.2, 0.25) is 5.02 Å². The maximum Gasteiger partial charge on any atom is 0.260 e. The molecule has 168 valence electrons. The van der Waals surface area contributed by atoms with Crippen LogP contribution in [0.4, 0.5) is 5.69 Å². The van der Waals surface area contributed by atoms with E-state index in [9.17, 15) is 13.2 Å². The third kappa shape index (κ3) is 6.35. The standard InChI is InChI=1S/C21H26ClN3O5S/c1-6-17(15-8-10-19(29-3)20(11-15)30-4)23-24-21(26)13-25(31(5,27)28)18-12-16(22)9-7-14(18)2/h7-12H,6,13H2,1-5H3,(H,24,26)/b23-17-. The van der Waals surface area contributed by atoms with Crippen molar-refractivity contribution in [2.45, 2.75) is 20.3 Å². The van der Waals surface area contributed by atoms with E-state index in [1.54, 1.807) is 44.4 Å². The highest BCUT2D eigenvalue weighted by Gasteiger charge is 2.22. The van der Waals surface area contributed by atoms with E-state index >= 15 is 0 Å². The molecule has 0 saturated heterocycles. The quantitative estimate of drug-likeness (QED) is 0.450. The lowest BCUT2D eigenvalue weighted by Gasteiger charge is -2.23. The van der Waals surface area contributed by atoms with Gasteiger partial charge < -0.3 is 9.47 Å². The summed E-state index contributed by atoms with van der Waals surface area (Å²) in [5.41, 5.74) is 4.79. The van der Waals surface area contributed by atoms with Crippen molar-refractivity contribution in [3.05, 3.63) is 52.5 Å². The van der Waals surface area contributed by atoms with Gasteiger partial charge in [-0.05, 0) is 49.2 Å². The van der Waals surface area contributed by atoms with Crippen LogP contribution in [-0.2, 0) is 14.8 Å². The highest BCUT2D eigenvalue weighted by atomic mass is 35.5. The SMILES string of the molecule is CC/C(=N/NC(=O)CN(c1cc(Cl)ccc1C)S(C)(=O)=O)c1ccc(OC)c(OC)c1. The Morgan fingerprint density at radius 2 is 1.81 bits per heavy atom. The zero-order valence-electron chi connectivity index (χ0n) is 18.1. The van der Waals surface area contributed by atoms with Crippen LogP contribution in [0.5, 0.6) is 11.5 Å². The molecule has 0 aromatic heterocycles. The number of aryl methyl sites for hydroxylation is 1. The van der Waals surface area contributed by atoms with Gasteiger partial charge in [0, 0.05) is 10.6 Å². The van der Waals surface area contributed by atoms with Gasteiger partial charge in [0.15, 0.2) is 11.5 Å². The molecule has 0 aliphatic rings. The minimum absolute atomic E-state index is 0.338. The molecular formula is C21H26ClN3O5S. The van der Waals surface area contributed by atoms with E-state index in [1.165, 1.54) is 13.2 Å². The summed E-state index contributed by atoms with van der Waals surface area (Å²) in [4.78, 5) is 12.5. The number of halogens is 1. The summed E-state index contributed by atoms with van der Waals surface area (Å²) in [6.45, 7) is 3.19. The first-order valence-corrected chi connectivity index (χ1v) is 11.6. The van der Waals surface area contributed by atoms with E-state index < -0.39 is 22.5 Å². The van der Waals surface area contributed by atoms with Crippen LogP contribution in [0.3, 0.4) is 0 Å². The second-order valence-electron chi connectivity index (χ2n) is 6.72. The molecule has 31 heavy (non-hydrogen) atoms. The van der Waals surface area contributed by atoms with Crippen molar-refractivity contribution in [1.82, 2.24) is 5.43 Å². The molecule has 0 bridgehead atoms. The molecule has 0 fully saturated rings. The molecule has 0 saturated carbocycles. The minimum Gasteiger partial charge on any atom is -0.493 e. The first-order chi connectivity index (χ1) is 14.6. The molecule has 1 amide bonds. The maximum atomic E-state index is 12.5. The van der Waals surface area contributed by atoms with Gasteiger partial charge in [0.05, 0.1) is 31.9 Å². The summed E-state index contributed by atoms with van der Waals surface area (Å²) in [5.74, 6) is 0.523. The Kier molecular flexibility index (Phi) is 8.29. The zero-order chi connectivity index (χ0) is 23.2. The Labute approximate surface area is 187 Å². The predicted molar refractivity (Wildman–Crippen MR) is 123 cm³/mol. The van der Waals surface area contributed by atoms with Gasteiger partial charge in [-0.2, -0.15) is 5.10 Å². The first-order valence-electron chi connectivity index (χ1n) is 9.42. The third-order valence-electron chi connectivity index (χ3n) is 4.49. The first kappa shape index (κ1) is 24.5. The molecule has 0 spiro atoms. The van der Waals surface area contributed by atoms with Crippen LogP contribution >= 0.6 is 11.6 Å². The number of carbonyl (C=O) groups excluding carboxylic acids is 1. The third-order valence-corrected chi connectivity index (χ3v) is 5.86. The number of hydrogen-bond acceptors (Lipinski definition) is 6. The Hall–Kier alpha value is -2.78. The highest BCUT2D eigenvalue weighted by Crippen LogP contribution is 2.28. The van der Waals surface area contributed by atoms with Crippen molar-refractivity contribution in [1.29, 1.82) is 0 Å². The fourth-order valence-electron chi connectivity index (χ4n) is 2.89. The van der Waals surface area contributed by atoms with E-state index in [0.717, 1.165) is 16.1 Å². The smallest absolute Gasteiger partial charge is 0.260 e. The number of anilines is 1. The van der Waals surface area contributed by atoms with E-state index in [1.807, 2.05) is 6.92 Å². The summed E-state index contributed by atoms with van der Waals surface area (Å²) < 4.78 is 36.2. The number of rotatable bonds is 9. The van der Waals surface area contributed by atoms with Crippen LogP contribution in [-0.4, -0.2) is 47.1 Å². The predicted octanol–water partition coefficient (Wildman–Crippen LogP) is 3.36. The number of nitrogens with zero attached hydrogens (tertiary/aromatic N) is 2. The number of carbonyl (C=O) groups is 1. The van der Waals surface area contributed by atoms with E-state index in [4.69, 9.17) is 21.1 Å². The fourth-order valence-corrected chi connectivity index (χ4v) is 3.96. The molecule has 2 aromatic rings. The van der Waals surface area contributed by atoms with Gasteiger partial charge in [0.25, 0.3) is 5.91 Å². The second kappa shape index (κ2) is 10.5. The van der Waals surface area contributed by atoms with Gasteiger partial charge in [0.2, 0.25) is 10.0 Å². The molecule has 1 N–H and O–H groups in total. The number of ether oxygens (including phenoxy) is 2. The van der Waals surface area contributed by atoms with Crippen molar-refractivity contribution in [2.24, 2.45) is 5.10 Å². The fraction of sp³-hybridized carbons (Fsp3) is 0.333. The van der Waals surface area contributed by atoms with Gasteiger partial charge >= 0.3 is 0 Å². The van der Waals surface area contributed by atoms with Crippen molar-refractivity contribution in [2.75, 3.05) is 31.3 Å². The molecule has 0 heterocycles. The number of hydrogen-bond donors (Lipinski definition) is 1. The van der Waals surface area contributed by atoms with Gasteiger partial charge in [-0.15, -0.1) is 0 Å². The lowest BCUT2D eigenvalue weighted by Crippen LogP contribution is -2.39. The van der Waals surface area contributed by atoms with Crippen molar-refractivity contribution >= 4 is 38.9 Å². The Morgan fingerprint density at radius 3 is 2.39 bits per heavy atom.